The van der Waals surface area contributed by atoms with Crippen molar-refractivity contribution in [2.75, 3.05) is 6.54 Å². The third kappa shape index (κ3) is 2.67. The number of piperidine rings is 1. The van der Waals surface area contributed by atoms with Crippen molar-refractivity contribution in [2.24, 2.45) is 0 Å². The second-order valence-electron chi connectivity index (χ2n) is 4.90. The van der Waals surface area contributed by atoms with Crippen molar-refractivity contribution in [2.45, 2.75) is 32.2 Å². The fraction of sp³-hybridized carbons (Fsp3) is 0.429. The highest BCUT2D eigenvalue weighted by molar-refractivity contribution is 14.1. The lowest BCUT2D eigenvalue weighted by Gasteiger charge is -2.19. The molecule has 1 atom stereocenters. The maximum Gasteiger partial charge on any atom is 0.259 e. The summed E-state index contributed by atoms with van der Waals surface area (Å²) >= 11 is 2.33. The van der Waals surface area contributed by atoms with Gasteiger partial charge < -0.3 is 9.84 Å². The third-order valence-corrected chi connectivity index (χ3v) is 4.92. The zero-order chi connectivity index (χ0) is 13.2. The number of nitrogens with one attached hydrogen (secondary N) is 1. The minimum absolute atomic E-state index is 0.244. The van der Waals surface area contributed by atoms with Crippen LogP contribution in [-0.4, -0.2) is 16.7 Å². The first-order valence-electron chi connectivity index (χ1n) is 6.58. The van der Waals surface area contributed by atoms with Gasteiger partial charge in [0.15, 0.2) is 5.82 Å². The molecule has 0 spiro atoms. The van der Waals surface area contributed by atoms with Gasteiger partial charge in [-0.3, -0.25) is 0 Å². The first-order valence-corrected chi connectivity index (χ1v) is 7.66. The molecule has 2 aromatic rings. The Morgan fingerprint density at radius 1 is 1.37 bits per heavy atom. The van der Waals surface area contributed by atoms with Gasteiger partial charge in [0.05, 0.1) is 11.6 Å². The predicted molar refractivity (Wildman–Crippen MR) is 81.8 cm³/mol. The molecule has 0 saturated carbocycles. The molecule has 0 radical (unpaired) electrons. The molecule has 0 aliphatic carbocycles. The van der Waals surface area contributed by atoms with Crippen LogP contribution in [0.25, 0.3) is 11.5 Å². The number of hydrogen-bond donors (Lipinski definition) is 1. The summed E-state index contributed by atoms with van der Waals surface area (Å²) in [5.41, 5.74) is 2.25. The van der Waals surface area contributed by atoms with E-state index in [0.717, 1.165) is 24.4 Å². The number of hydrogen-bond acceptors (Lipinski definition) is 4. The molecular formula is C14H16IN3O. The molecule has 100 valence electrons. The van der Waals surface area contributed by atoms with Crippen LogP contribution in [0.15, 0.2) is 22.7 Å². The number of aromatic nitrogens is 2. The molecule has 2 heterocycles. The van der Waals surface area contributed by atoms with Gasteiger partial charge in [0.25, 0.3) is 5.89 Å². The Hall–Kier alpha value is -0.950. The Morgan fingerprint density at radius 3 is 3.05 bits per heavy atom. The van der Waals surface area contributed by atoms with Gasteiger partial charge in [-0.25, -0.2) is 0 Å². The van der Waals surface area contributed by atoms with Crippen molar-refractivity contribution >= 4 is 22.6 Å². The van der Waals surface area contributed by atoms with E-state index >= 15 is 0 Å². The highest BCUT2D eigenvalue weighted by Crippen LogP contribution is 2.28. The molecule has 0 bridgehead atoms. The van der Waals surface area contributed by atoms with Crippen molar-refractivity contribution < 1.29 is 4.52 Å². The summed E-state index contributed by atoms with van der Waals surface area (Å²) in [4.78, 5) is 4.56. The Kier molecular flexibility index (Phi) is 3.83. The van der Waals surface area contributed by atoms with Crippen LogP contribution in [0.4, 0.5) is 0 Å². The fourth-order valence-corrected chi connectivity index (χ4v) is 2.96. The normalized spacial score (nSPS) is 19.6. The Morgan fingerprint density at radius 2 is 2.26 bits per heavy atom. The van der Waals surface area contributed by atoms with Gasteiger partial charge in [0.1, 0.15) is 0 Å². The summed E-state index contributed by atoms with van der Waals surface area (Å²) in [6.45, 7) is 3.13. The number of benzene rings is 1. The van der Waals surface area contributed by atoms with E-state index in [1.54, 1.807) is 0 Å². The summed E-state index contributed by atoms with van der Waals surface area (Å²) in [5.74, 6) is 1.41. The number of aryl methyl sites for hydroxylation is 1. The van der Waals surface area contributed by atoms with E-state index in [0.29, 0.717) is 5.89 Å². The molecule has 19 heavy (non-hydrogen) atoms. The maximum atomic E-state index is 5.43. The highest BCUT2D eigenvalue weighted by Gasteiger charge is 2.21. The van der Waals surface area contributed by atoms with Crippen molar-refractivity contribution in [1.82, 2.24) is 15.5 Å². The second kappa shape index (κ2) is 5.58. The third-order valence-electron chi connectivity index (χ3n) is 3.49. The smallest absolute Gasteiger partial charge is 0.259 e. The van der Waals surface area contributed by atoms with Crippen LogP contribution < -0.4 is 5.32 Å². The van der Waals surface area contributed by atoms with Gasteiger partial charge in [-0.2, -0.15) is 4.98 Å². The first-order chi connectivity index (χ1) is 9.25. The van der Waals surface area contributed by atoms with Gasteiger partial charge in [-0.15, -0.1) is 0 Å². The van der Waals surface area contributed by atoms with Crippen LogP contribution in [0.5, 0.6) is 0 Å². The molecule has 1 N–H and O–H groups in total. The Bertz CT molecular complexity index is 576. The second-order valence-corrected chi connectivity index (χ2v) is 5.98. The number of nitrogens with zero attached hydrogens (tertiary/aromatic N) is 2. The van der Waals surface area contributed by atoms with Crippen LogP contribution in [0, 0.1) is 10.5 Å². The zero-order valence-corrected chi connectivity index (χ0v) is 13.0. The number of halogens is 1. The molecule has 5 heteroatoms. The molecule has 1 aliphatic rings. The topological polar surface area (TPSA) is 51.0 Å². The van der Waals surface area contributed by atoms with Crippen LogP contribution in [-0.2, 0) is 0 Å². The average Bonchev–Trinajstić information content (AvgIpc) is 2.92. The van der Waals surface area contributed by atoms with Crippen LogP contribution >= 0.6 is 22.6 Å². The molecule has 1 aromatic carbocycles. The van der Waals surface area contributed by atoms with E-state index in [1.165, 1.54) is 22.0 Å². The predicted octanol–water partition coefficient (Wildman–Crippen LogP) is 3.46. The van der Waals surface area contributed by atoms with E-state index in [2.05, 4.69) is 51.0 Å². The van der Waals surface area contributed by atoms with Crippen molar-refractivity contribution in [3.63, 3.8) is 0 Å². The molecule has 3 rings (SSSR count). The largest absolute Gasteiger partial charge is 0.334 e. The van der Waals surface area contributed by atoms with Crippen molar-refractivity contribution in [1.29, 1.82) is 0 Å². The quantitative estimate of drug-likeness (QED) is 0.824. The molecule has 1 aromatic heterocycles. The maximum absolute atomic E-state index is 5.43. The number of rotatable bonds is 2. The van der Waals surface area contributed by atoms with Gasteiger partial charge >= 0.3 is 0 Å². The van der Waals surface area contributed by atoms with E-state index < -0.39 is 0 Å². The van der Waals surface area contributed by atoms with Gasteiger partial charge in [-0.1, -0.05) is 23.7 Å². The van der Waals surface area contributed by atoms with Crippen LogP contribution in [0.1, 0.15) is 36.7 Å². The van der Waals surface area contributed by atoms with E-state index in [-0.39, 0.29) is 6.04 Å². The molecule has 4 nitrogen and oxygen atoms in total. The van der Waals surface area contributed by atoms with Crippen molar-refractivity contribution in [3.8, 4) is 11.5 Å². The first kappa shape index (κ1) is 13.1. The SMILES string of the molecule is Cc1cccc(-c2nc(C3CCCCN3)no2)c1I. The van der Waals surface area contributed by atoms with Crippen molar-refractivity contribution in [3.05, 3.63) is 33.2 Å². The molecular weight excluding hydrogens is 353 g/mol. The lowest BCUT2D eigenvalue weighted by molar-refractivity contribution is 0.367. The van der Waals surface area contributed by atoms with Crippen LogP contribution in [0.2, 0.25) is 0 Å². The summed E-state index contributed by atoms with van der Waals surface area (Å²) < 4.78 is 6.61. The average molecular weight is 369 g/mol. The molecule has 1 aliphatic heterocycles. The Labute approximate surface area is 126 Å². The molecule has 1 fully saturated rings. The summed E-state index contributed by atoms with van der Waals surface area (Å²) in [6.07, 6.45) is 3.55. The highest BCUT2D eigenvalue weighted by atomic mass is 127. The summed E-state index contributed by atoms with van der Waals surface area (Å²) in [7, 11) is 0. The Balaban J connectivity index is 1.90. The summed E-state index contributed by atoms with van der Waals surface area (Å²) in [5, 5.41) is 7.57. The van der Waals surface area contributed by atoms with Gasteiger partial charge in [-0.05, 0) is 60.5 Å². The van der Waals surface area contributed by atoms with Gasteiger partial charge in [0, 0.05) is 3.57 Å². The standard InChI is InChI=1S/C14H16IN3O/c1-9-5-4-6-10(12(9)15)14-17-13(18-19-14)11-7-2-3-8-16-11/h4-6,11,16H,2-3,7-8H2,1H3. The summed E-state index contributed by atoms with van der Waals surface area (Å²) in [6, 6.07) is 6.38. The van der Waals surface area contributed by atoms with Gasteiger partial charge in [0.2, 0.25) is 0 Å². The van der Waals surface area contributed by atoms with E-state index in [9.17, 15) is 0 Å². The lowest BCUT2D eigenvalue weighted by Crippen LogP contribution is -2.27. The lowest BCUT2D eigenvalue weighted by atomic mass is 10.0. The molecule has 0 amide bonds. The molecule has 1 saturated heterocycles. The monoisotopic (exact) mass is 369 g/mol. The van der Waals surface area contributed by atoms with E-state index in [4.69, 9.17) is 4.52 Å². The fourth-order valence-electron chi connectivity index (χ4n) is 2.37. The van der Waals surface area contributed by atoms with Crippen LogP contribution in [0.3, 0.4) is 0 Å². The zero-order valence-electron chi connectivity index (χ0n) is 10.8. The molecule has 1 unspecified atom stereocenters. The minimum Gasteiger partial charge on any atom is -0.334 e. The van der Waals surface area contributed by atoms with E-state index in [1.807, 2.05) is 12.1 Å². The minimum atomic E-state index is 0.244.